The highest BCUT2D eigenvalue weighted by Gasteiger charge is 2.17. The molecule has 1 atom stereocenters. The average molecular weight is 345 g/mol. The number of carbonyl (C=O) groups excluding carboxylic acids is 3. The van der Waals surface area contributed by atoms with E-state index in [0.717, 1.165) is 0 Å². The summed E-state index contributed by atoms with van der Waals surface area (Å²) in [6.07, 6.45) is 0.849. The first-order valence-corrected chi connectivity index (χ1v) is 7.49. The van der Waals surface area contributed by atoms with Gasteiger partial charge in [-0.15, -0.1) is 0 Å². The number of aryl methyl sites for hydroxylation is 1. The summed E-state index contributed by atoms with van der Waals surface area (Å²) < 4.78 is 6.29. The van der Waals surface area contributed by atoms with Gasteiger partial charge in [0.1, 0.15) is 6.10 Å². The quantitative estimate of drug-likeness (QED) is 0.543. The molecule has 0 saturated heterocycles. The minimum Gasteiger partial charge on any atom is -0.465 e. The highest BCUT2D eigenvalue weighted by atomic mass is 16.5. The Hall–Kier alpha value is -3.13. The van der Waals surface area contributed by atoms with Gasteiger partial charge < -0.3 is 25.0 Å². The fourth-order valence-electron chi connectivity index (χ4n) is 2.19. The van der Waals surface area contributed by atoms with Crippen LogP contribution in [0.1, 0.15) is 22.2 Å². The lowest BCUT2D eigenvalue weighted by molar-refractivity contribution is -0.136. The molecular formula is C17H19N3O5. The second-order valence-electron chi connectivity index (χ2n) is 5.29. The number of aromatic nitrogens is 1. The number of hydrogen-bond acceptors (Lipinski definition) is 5. The summed E-state index contributed by atoms with van der Waals surface area (Å²) in [7, 11) is 3.04. The standard InChI is InChI=1S/C17H19N3O5/c1-20-9-3-4-13(20)14(21)10-18-15(22)16(23)19-12-7-5-11(6-8-12)17(24)25-2/h3-9,14,21H,10H2,1-2H3,(H,18,22)(H,19,23)/t14-/m0/s1. The first-order valence-electron chi connectivity index (χ1n) is 7.49. The molecular weight excluding hydrogens is 326 g/mol. The van der Waals surface area contributed by atoms with Gasteiger partial charge in [-0.05, 0) is 36.4 Å². The monoisotopic (exact) mass is 345 g/mol. The molecule has 0 aliphatic rings. The van der Waals surface area contributed by atoms with Crippen molar-refractivity contribution in [2.75, 3.05) is 19.0 Å². The molecule has 0 aliphatic heterocycles. The summed E-state index contributed by atoms with van der Waals surface area (Å²) in [4.78, 5) is 35.0. The van der Waals surface area contributed by atoms with Gasteiger partial charge in [0.2, 0.25) is 0 Å². The van der Waals surface area contributed by atoms with Gasteiger partial charge in [-0.2, -0.15) is 0 Å². The normalized spacial score (nSPS) is 11.5. The minimum atomic E-state index is -0.920. The maximum absolute atomic E-state index is 11.9. The molecule has 1 aromatic heterocycles. The molecule has 8 nitrogen and oxygen atoms in total. The lowest BCUT2D eigenvalue weighted by atomic mass is 10.2. The number of aliphatic hydroxyl groups is 1. The van der Waals surface area contributed by atoms with Gasteiger partial charge in [0, 0.05) is 31.2 Å². The van der Waals surface area contributed by atoms with Crippen molar-refractivity contribution in [3.63, 3.8) is 0 Å². The van der Waals surface area contributed by atoms with E-state index in [-0.39, 0.29) is 6.54 Å². The van der Waals surface area contributed by atoms with Crippen LogP contribution in [-0.2, 0) is 21.4 Å². The number of hydrogen-bond donors (Lipinski definition) is 3. The molecule has 0 fully saturated rings. The van der Waals surface area contributed by atoms with Crippen molar-refractivity contribution in [3.05, 3.63) is 53.9 Å². The van der Waals surface area contributed by atoms with Gasteiger partial charge >= 0.3 is 17.8 Å². The SMILES string of the molecule is COC(=O)c1ccc(NC(=O)C(=O)NC[C@H](O)c2cccn2C)cc1. The average Bonchev–Trinajstić information content (AvgIpc) is 3.05. The van der Waals surface area contributed by atoms with Gasteiger partial charge in [0.25, 0.3) is 0 Å². The van der Waals surface area contributed by atoms with E-state index in [1.165, 1.54) is 31.4 Å². The van der Waals surface area contributed by atoms with Gasteiger partial charge in [0.15, 0.2) is 0 Å². The number of benzene rings is 1. The maximum Gasteiger partial charge on any atom is 0.337 e. The Morgan fingerprint density at radius 2 is 1.84 bits per heavy atom. The second kappa shape index (κ2) is 8.11. The largest absolute Gasteiger partial charge is 0.465 e. The Bertz CT molecular complexity index is 767. The first kappa shape index (κ1) is 18.2. The van der Waals surface area contributed by atoms with Crippen LogP contribution in [0.15, 0.2) is 42.6 Å². The third kappa shape index (κ3) is 4.67. The number of nitrogens with one attached hydrogen (secondary N) is 2. The molecule has 2 rings (SSSR count). The first-order chi connectivity index (χ1) is 11.9. The van der Waals surface area contributed by atoms with Crippen LogP contribution in [0.3, 0.4) is 0 Å². The number of esters is 1. The van der Waals surface area contributed by atoms with Gasteiger partial charge in [0.05, 0.1) is 12.7 Å². The molecule has 0 aliphatic carbocycles. The summed E-state index contributed by atoms with van der Waals surface area (Å²) in [5.74, 6) is -2.24. The number of rotatable bonds is 5. The Balaban J connectivity index is 1.87. The third-order valence-electron chi connectivity index (χ3n) is 3.55. The maximum atomic E-state index is 11.9. The van der Waals surface area contributed by atoms with Crippen molar-refractivity contribution in [2.24, 2.45) is 7.05 Å². The van der Waals surface area contributed by atoms with E-state index >= 15 is 0 Å². The van der Waals surface area contributed by atoms with Crippen LogP contribution in [0.4, 0.5) is 5.69 Å². The predicted octanol–water partition coefficient (Wildman–Crippen LogP) is 0.600. The fraction of sp³-hybridized carbons (Fsp3) is 0.235. The molecule has 8 heteroatoms. The van der Waals surface area contributed by atoms with Crippen molar-refractivity contribution >= 4 is 23.5 Å². The molecule has 0 radical (unpaired) electrons. The lowest BCUT2D eigenvalue weighted by Gasteiger charge is -2.13. The molecule has 1 aromatic carbocycles. The molecule has 2 amide bonds. The van der Waals surface area contributed by atoms with Crippen molar-refractivity contribution < 1.29 is 24.2 Å². The van der Waals surface area contributed by atoms with E-state index < -0.39 is 23.9 Å². The van der Waals surface area contributed by atoms with Crippen molar-refractivity contribution in [3.8, 4) is 0 Å². The fourth-order valence-corrected chi connectivity index (χ4v) is 2.19. The van der Waals surface area contributed by atoms with E-state index in [4.69, 9.17) is 0 Å². The summed E-state index contributed by atoms with van der Waals surface area (Å²) >= 11 is 0. The highest BCUT2D eigenvalue weighted by Crippen LogP contribution is 2.12. The summed E-state index contributed by atoms with van der Waals surface area (Å²) in [5, 5.41) is 14.8. The number of carbonyl (C=O) groups is 3. The summed E-state index contributed by atoms with van der Waals surface area (Å²) in [6, 6.07) is 9.40. The minimum absolute atomic E-state index is 0.0919. The Labute approximate surface area is 144 Å². The van der Waals surface area contributed by atoms with Crippen molar-refractivity contribution in [1.82, 2.24) is 9.88 Å². The van der Waals surface area contributed by atoms with E-state index in [9.17, 15) is 19.5 Å². The highest BCUT2D eigenvalue weighted by molar-refractivity contribution is 6.39. The Kier molecular flexibility index (Phi) is 5.91. The van der Waals surface area contributed by atoms with E-state index in [2.05, 4.69) is 15.4 Å². The Morgan fingerprint density at radius 3 is 2.40 bits per heavy atom. The number of methoxy groups -OCH3 is 1. The van der Waals surface area contributed by atoms with Crippen LogP contribution in [0, 0.1) is 0 Å². The van der Waals surface area contributed by atoms with Gasteiger partial charge in [-0.25, -0.2) is 4.79 Å². The molecule has 1 heterocycles. The molecule has 0 spiro atoms. The predicted molar refractivity (Wildman–Crippen MR) is 89.8 cm³/mol. The molecule has 3 N–H and O–H groups in total. The number of anilines is 1. The number of aliphatic hydroxyl groups excluding tert-OH is 1. The van der Waals surface area contributed by atoms with Gasteiger partial charge in [-0.1, -0.05) is 0 Å². The number of ether oxygens (including phenoxy) is 1. The van der Waals surface area contributed by atoms with Crippen LogP contribution >= 0.6 is 0 Å². The molecule has 25 heavy (non-hydrogen) atoms. The molecule has 0 bridgehead atoms. The van der Waals surface area contributed by atoms with E-state index in [1.807, 2.05) is 0 Å². The smallest absolute Gasteiger partial charge is 0.337 e. The molecule has 132 valence electrons. The molecule has 2 aromatic rings. The Morgan fingerprint density at radius 1 is 1.16 bits per heavy atom. The van der Waals surface area contributed by atoms with Crippen LogP contribution < -0.4 is 10.6 Å². The van der Waals surface area contributed by atoms with E-state index in [0.29, 0.717) is 16.9 Å². The van der Waals surface area contributed by atoms with Gasteiger partial charge in [-0.3, -0.25) is 9.59 Å². The molecule has 0 unspecified atom stereocenters. The number of nitrogens with zero attached hydrogens (tertiary/aromatic N) is 1. The van der Waals surface area contributed by atoms with Crippen molar-refractivity contribution in [1.29, 1.82) is 0 Å². The van der Waals surface area contributed by atoms with Crippen LogP contribution in [0.25, 0.3) is 0 Å². The second-order valence-corrected chi connectivity index (χ2v) is 5.29. The van der Waals surface area contributed by atoms with E-state index in [1.54, 1.807) is 29.9 Å². The van der Waals surface area contributed by atoms with Crippen molar-refractivity contribution in [2.45, 2.75) is 6.10 Å². The zero-order chi connectivity index (χ0) is 18.4. The van der Waals surface area contributed by atoms with Crippen LogP contribution in [0.2, 0.25) is 0 Å². The number of amides is 2. The lowest BCUT2D eigenvalue weighted by Crippen LogP contribution is -2.37. The van der Waals surface area contributed by atoms with Crippen LogP contribution in [0.5, 0.6) is 0 Å². The summed E-state index contributed by atoms with van der Waals surface area (Å²) in [5.41, 5.74) is 1.31. The topological polar surface area (TPSA) is 110 Å². The summed E-state index contributed by atoms with van der Waals surface area (Å²) in [6.45, 7) is -0.0919. The molecule has 0 saturated carbocycles. The zero-order valence-corrected chi connectivity index (χ0v) is 13.9. The third-order valence-corrected chi connectivity index (χ3v) is 3.55. The zero-order valence-electron chi connectivity index (χ0n) is 13.9. The van der Waals surface area contributed by atoms with Crippen LogP contribution in [-0.4, -0.2) is 41.1 Å².